The van der Waals surface area contributed by atoms with Gasteiger partial charge in [0.05, 0.1) is 13.7 Å². The number of nitrogens with one attached hydrogen (secondary N) is 1. The van der Waals surface area contributed by atoms with Gasteiger partial charge in [-0.25, -0.2) is 9.18 Å². The summed E-state index contributed by atoms with van der Waals surface area (Å²) in [5, 5.41) is 2.67. The lowest BCUT2D eigenvalue weighted by molar-refractivity contribution is -0.134. The predicted molar refractivity (Wildman–Crippen MR) is 119 cm³/mol. The Labute approximate surface area is 195 Å². The summed E-state index contributed by atoms with van der Waals surface area (Å²) in [7, 11) is 1.24. The van der Waals surface area contributed by atoms with Gasteiger partial charge in [-0.2, -0.15) is 0 Å². The van der Waals surface area contributed by atoms with E-state index in [-0.39, 0.29) is 73.6 Å². The molecule has 2 aliphatic rings. The molecule has 0 aliphatic carbocycles. The molecule has 10 heteroatoms. The van der Waals surface area contributed by atoms with Crippen molar-refractivity contribution >= 4 is 17.8 Å². The maximum Gasteiger partial charge on any atom is 0.343 e. The minimum absolute atomic E-state index is 0.0554. The van der Waals surface area contributed by atoms with Crippen molar-refractivity contribution in [3.05, 3.63) is 63.3 Å². The monoisotopic (exact) mass is 471 g/mol. The van der Waals surface area contributed by atoms with Crippen molar-refractivity contribution in [1.29, 1.82) is 0 Å². The SMILES string of the molecule is COC(=O)c1c(OCCc2ccccc2F)cc(=O)n2c1CCN(C(=O)[C@@H]1CCC(=O)N1)CC2. The maximum absolute atomic E-state index is 13.9. The van der Waals surface area contributed by atoms with E-state index in [4.69, 9.17) is 9.47 Å². The highest BCUT2D eigenvalue weighted by atomic mass is 19.1. The zero-order valence-electron chi connectivity index (χ0n) is 18.8. The summed E-state index contributed by atoms with van der Waals surface area (Å²) in [6.07, 6.45) is 1.23. The van der Waals surface area contributed by atoms with Gasteiger partial charge < -0.3 is 24.3 Å². The molecule has 1 aromatic heterocycles. The van der Waals surface area contributed by atoms with Crippen molar-refractivity contribution in [3.8, 4) is 5.75 Å². The Balaban J connectivity index is 1.56. The molecule has 180 valence electrons. The molecule has 0 radical (unpaired) electrons. The van der Waals surface area contributed by atoms with Crippen molar-refractivity contribution in [2.45, 2.75) is 38.3 Å². The number of methoxy groups -OCH3 is 1. The second-order valence-electron chi connectivity index (χ2n) is 8.24. The number of halogens is 1. The maximum atomic E-state index is 13.9. The predicted octanol–water partition coefficient (Wildman–Crippen LogP) is 1.06. The first-order valence-electron chi connectivity index (χ1n) is 11.2. The first kappa shape index (κ1) is 23.5. The fourth-order valence-corrected chi connectivity index (χ4v) is 4.40. The molecule has 9 nitrogen and oxygen atoms in total. The van der Waals surface area contributed by atoms with E-state index in [1.807, 2.05) is 0 Å². The molecule has 1 N–H and O–H groups in total. The lowest BCUT2D eigenvalue weighted by atomic mass is 10.1. The summed E-state index contributed by atoms with van der Waals surface area (Å²) < 4.78 is 26.1. The van der Waals surface area contributed by atoms with Gasteiger partial charge in [0.1, 0.15) is 23.2 Å². The number of hydrogen-bond donors (Lipinski definition) is 1. The van der Waals surface area contributed by atoms with Crippen LogP contribution >= 0.6 is 0 Å². The Hall–Kier alpha value is -3.69. The third-order valence-electron chi connectivity index (χ3n) is 6.17. The van der Waals surface area contributed by atoms with Gasteiger partial charge in [0.2, 0.25) is 11.8 Å². The first-order valence-corrected chi connectivity index (χ1v) is 11.2. The molecule has 3 heterocycles. The van der Waals surface area contributed by atoms with E-state index in [1.54, 1.807) is 23.1 Å². The number of carbonyl (C=O) groups is 3. The summed E-state index contributed by atoms with van der Waals surface area (Å²) in [4.78, 5) is 51.5. The van der Waals surface area contributed by atoms with Gasteiger partial charge in [0.15, 0.2) is 0 Å². The summed E-state index contributed by atoms with van der Waals surface area (Å²) in [6.45, 7) is 0.791. The van der Waals surface area contributed by atoms with Crippen LogP contribution in [0.25, 0.3) is 0 Å². The van der Waals surface area contributed by atoms with Crippen molar-refractivity contribution in [1.82, 2.24) is 14.8 Å². The minimum atomic E-state index is -0.660. The number of carbonyl (C=O) groups excluding carboxylic acids is 3. The Morgan fingerprint density at radius 1 is 1.15 bits per heavy atom. The standard InChI is InChI=1S/C24H26FN3O6/c1-33-24(32)22-18-8-10-27(23(31)17-6-7-20(29)26-17)11-12-28(18)21(30)14-19(22)34-13-9-15-4-2-3-5-16(15)25/h2-5,14,17H,6-13H2,1H3,(H,26,29)/t17-/m0/s1. The smallest absolute Gasteiger partial charge is 0.343 e. The van der Waals surface area contributed by atoms with Crippen LogP contribution in [0, 0.1) is 5.82 Å². The van der Waals surface area contributed by atoms with E-state index in [0.29, 0.717) is 24.1 Å². The average molecular weight is 471 g/mol. The Bertz CT molecular complexity index is 1180. The van der Waals surface area contributed by atoms with Gasteiger partial charge in [-0.15, -0.1) is 0 Å². The largest absolute Gasteiger partial charge is 0.492 e. The van der Waals surface area contributed by atoms with Crippen molar-refractivity contribution in [3.63, 3.8) is 0 Å². The number of pyridine rings is 1. The summed E-state index contributed by atoms with van der Waals surface area (Å²) >= 11 is 0. The number of aromatic nitrogens is 1. The summed E-state index contributed by atoms with van der Waals surface area (Å²) in [5.41, 5.74) is 0.638. The second kappa shape index (κ2) is 10.1. The normalized spacial score (nSPS) is 17.5. The van der Waals surface area contributed by atoms with E-state index >= 15 is 0 Å². The Morgan fingerprint density at radius 3 is 2.65 bits per heavy atom. The molecule has 4 rings (SSSR count). The molecule has 1 atom stereocenters. The lowest BCUT2D eigenvalue weighted by Crippen LogP contribution is -2.45. The number of nitrogens with zero attached hydrogens (tertiary/aromatic N) is 2. The van der Waals surface area contributed by atoms with E-state index in [1.165, 1.54) is 23.8 Å². The molecule has 0 bridgehead atoms. The molecular formula is C24H26FN3O6. The van der Waals surface area contributed by atoms with Gasteiger partial charge in [-0.3, -0.25) is 14.4 Å². The van der Waals surface area contributed by atoms with Crippen LogP contribution in [0.2, 0.25) is 0 Å². The molecule has 0 unspecified atom stereocenters. The lowest BCUT2D eigenvalue weighted by Gasteiger charge is -2.23. The van der Waals surface area contributed by atoms with Crippen LogP contribution < -0.4 is 15.6 Å². The number of fused-ring (bicyclic) bond motifs is 1. The molecule has 0 spiro atoms. The van der Waals surface area contributed by atoms with Crippen molar-refractivity contribution in [2.24, 2.45) is 0 Å². The molecule has 2 amide bonds. The molecule has 0 saturated carbocycles. The number of ether oxygens (including phenoxy) is 2. The third kappa shape index (κ3) is 4.80. The van der Waals surface area contributed by atoms with Crippen LogP contribution in [-0.2, 0) is 33.7 Å². The topological polar surface area (TPSA) is 107 Å². The van der Waals surface area contributed by atoms with E-state index in [2.05, 4.69) is 5.32 Å². The highest BCUT2D eigenvalue weighted by molar-refractivity contribution is 5.94. The van der Waals surface area contributed by atoms with Crippen LogP contribution in [0.3, 0.4) is 0 Å². The average Bonchev–Trinajstić information content (AvgIpc) is 3.14. The molecule has 2 aromatic rings. The number of amides is 2. The number of esters is 1. The molecule has 1 fully saturated rings. The zero-order chi connectivity index (χ0) is 24.2. The zero-order valence-corrected chi connectivity index (χ0v) is 18.8. The van der Waals surface area contributed by atoms with Crippen molar-refractivity contribution in [2.75, 3.05) is 26.8 Å². The third-order valence-corrected chi connectivity index (χ3v) is 6.17. The minimum Gasteiger partial charge on any atom is -0.492 e. The first-order chi connectivity index (χ1) is 16.4. The van der Waals surface area contributed by atoms with Gasteiger partial charge in [-0.05, 0) is 18.1 Å². The molecule has 1 aromatic carbocycles. The fourth-order valence-electron chi connectivity index (χ4n) is 4.40. The van der Waals surface area contributed by atoms with Crippen LogP contribution in [0.15, 0.2) is 35.1 Å². The van der Waals surface area contributed by atoms with Gasteiger partial charge in [-0.1, -0.05) is 18.2 Å². The number of hydrogen-bond acceptors (Lipinski definition) is 6. The Kier molecular flexibility index (Phi) is 6.95. The quantitative estimate of drug-likeness (QED) is 0.632. The Morgan fingerprint density at radius 2 is 1.94 bits per heavy atom. The molecule has 2 aliphatic heterocycles. The summed E-state index contributed by atoms with van der Waals surface area (Å²) in [6, 6.07) is 6.97. The van der Waals surface area contributed by atoms with Gasteiger partial charge in [0.25, 0.3) is 5.56 Å². The van der Waals surface area contributed by atoms with Crippen molar-refractivity contribution < 1.29 is 28.2 Å². The van der Waals surface area contributed by atoms with Crippen LogP contribution in [0.4, 0.5) is 4.39 Å². The van der Waals surface area contributed by atoms with E-state index < -0.39 is 12.0 Å². The highest BCUT2D eigenvalue weighted by Crippen LogP contribution is 2.25. The second-order valence-corrected chi connectivity index (χ2v) is 8.24. The molecule has 34 heavy (non-hydrogen) atoms. The molecular weight excluding hydrogens is 445 g/mol. The fraction of sp³-hybridized carbons (Fsp3) is 0.417. The number of benzene rings is 1. The van der Waals surface area contributed by atoms with Crippen LogP contribution in [0.5, 0.6) is 5.75 Å². The number of rotatable bonds is 6. The summed E-state index contributed by atoms with van der Waals surface area (Å²) in [5.74, 6) is -1.30. The van der Waals surface area contributed by atoms with Gasteiger partial charge in [0, 0.05) is 50.7 Å². The van der Waals surface area contributed by atoms with E-state index in [0.717, 1.165) is 0 Å². The van der Waals surface area contributed by atoms with Crippen LogP contribution in [-0.4, -0.2) is 60.1 Å². The van der Waals surface area contributed by atoms with E-state index in [9.17, 15) is 23.6 Å². The molecule has 1 saturated heterocycles. The van der Waals surface area contributed by atoms with Crippen LogP contribution in [0.1, 0.15) is 34.5 Å². The van der Waals surface area contributed by atoms with Gasteiger partial charge >= 0.3 is 5.97 Å². The highest BCUT2D eigenvalue weighted by Gasteiger charge is 2.33.